The molecule has 0 bridgehead atoms. The van der Waals surface area contributed by atoms with Gasteiger partial charge >= 0.3 is 6.18 Å². The maximum Gasteiger partial charge on any atom is 0.416 e. The summed E-state index contributed by atoms with van der Waals surface area (Å²) in [4.78, 5) is 11.3. The Kier molecular flexibility index (Phi) is 8.23. The van der Waals surface area contributed by atoms with Crippen LogP contribution in [-0.4, -0.2) is 45.6 Å². The molecule has 37 heavy (non-hydrogen) atoms. The molecule has 0 atom stereocenters. The molecule has 0 radical (unpaired) electrons. The number of aromatic nitrogens is 2. The monoisotopic (exact) mass is 535 g/mol. The standard InChI is InChI=1S/C26H32F3N5O2S/c1-34(2)24-22-5-3-4-6-23(22)32-25(33-24)30-15-18-7-9-19(10-8-18)16-31-37(35,36)17-20-11-13-21(14-12-20)26(27,28)29/h3-6,11-14,18-19,31H,7-10,15-17H2,1-2H3,(H,30,32,33). The van der Waals surface area contributed by atoms with Gasteiger partial charge in [0.05, 0.1) is 16.8 Å². The molecule has 1 aliphatic carbocycles. The molecule has 1 fully saturated rings. The van der Waals surface area contributed by atoms with Crippen molar-refractivity contribution in [2.45, 2.75) is 37.6 Å². The minimum Gasteiger partial charge on any atom is -0.362 e. The Balaban J connectivity index is 1.24. The van der Waals surface area contributed by atoms with Crippen LogP contribution in [0.3, 0.4) is 0 Å². The van der Waals surface area contributed by atoms with Gasteiger partial charge in [0.1, 0.15) is 5.82 Å². The molecule has 200 valence electrons. The SMILES string of the molecule is CN(C)c1nc(NCC2CCC(CNS(=O)(=O)Cc3ccc(C(F)(F)F)cc3)CC2)nc2ccccc12. The second-order valence-corrected chi connectivity index (χ2v) is 11.7. The molecule has 1 heterocycles. The Hall–Kier alpha value is -2.92. The summed E-state index contributed by atoms with van der Waals surface area (Å²) in [5, 5.41) is 4.38. The van der Waals surface area contributed by atoms with Crippen LogP contribution in [-0.2, 0) is 22.0 Å². The van der Waals surface area contributed by atoms with Crippen LogP contribution in [0.1, 0.15) is 36.8 Å². The highest BCUT2D eigenvalue weighted by Crippen LogP contribution is 2.31. The van der Waals surface area contributed by atoms with E-state index in [1.807, 2.05) is 43.3 Å². The van der Waals surface area contributed by atoms with E-state index in [4.69, 9.17) is 0 Å². The molecule has 11 heteroatoms. The van der Waals surface area contributed by atoms with Crippen molar-refractivity contribution in [1.29, 1.82) is 0 Å². The molecule has 0 saturated heterocycles. The molecule has 0 unspecified atom stereocenters. The van der Waals surface area contributed by atoms with Gasteiger partial charge in [0.25, 0.3) is 0 Å². The quantitative estimate of drug-likeness (QED) is 0.399. The first-order chi connectivity index (χ1) is 17.5. The highest BCUT2D eigenvalue weighted by atomic mass is 32.2. The fourth-order valence-electron chi connectivity index (χ4n) is 4.66. The number of para-hydroxylation sites is 1. The summed E-state index contributed by atoms with van der Waals surface area (Å²) in [5.41, 5.74) is 0.415. The normalized spacial score (nSPS) is 18.6. The number of hydrogen-bond acceptors (Lipinski definition) is 6. The summed E-state index contributed by atoms with van der Waals surface area (Å²) in [7, 11) is 0.277. The third-order valence-electron chi connectivity index (χ3n) is 6.75. The second-order valence-electron chi connectivity index (χ2n) is 9.85. The Morgan fingerprint density at radius 2 is 1.54 bits per heavy atom. The van der Waals surface area contributed by atoms with Gasteiger partial charge in [0.2, 0.25) is 16.0 Å². The van der Waals surface area contributed by atoms with E-state index in [9.17, 15) is 21.6 Å². The third-order valence-corrected chi connectivity index (χ3v) is 8.07. The van der Waals surface area contributed by atoms with Crippen molar-refractivity contribution in [3.05, 3.63) is 59.7 Å². The van der Waals surface area contributed by atoms with Crippen molar-refractivity contribution in [2.75, 3.05) is 37.4 Å². The van der Waals surface area contributed by atoms with E-state index in [0.29, 0.717) is 24.0 Å². The number of alkyl halides is 3. The number of nitrogens with one attached hydrogen (secondary N) is 2. The van der Waals surface area contributed by atoms with E-state index in [2.05, 4.69) is 20.0 Å². The van der Waals surface area contributed by atoms with Crippen molar-refractivity contribution < 1.29 is 21.6 Å². The number of benzene rings is 2. The largest absolute Gasteiger partial charge is 0.416 e. The lowest BCUT2D eigenvalue weighted by atomic mass is 9.82. The number of nitrogens with zero attached hydrogens (tertiary/aromatic N) is 3. The van der Waals surface area contributed by atoms with Crippen LogP contribution in [0.15, 0.2) is 48.5 Å². The molecular formula is C26H32F3N5O2S. The van der Waals surface area contributed by atoms with Gasteiger partial charge in [0, 0.05) is 32.6 Å². The molecule has 0 aliphatic heterocycles. The molecule has 1 aliphatic rings. The van der Waals surface area contributed by atoms with E-state index < -0.39 is 21.8 Å². The first-order valence-corrected chi connectivity index (χ1v) is 14.0. The van der Waals surface area contributed by atoms with Crippen LogP contribution in [0.2, 0.25) is 0 Å². The zero-order valence-corrected chi connectivity index (χ0v) is 21.7. The first-order valence-electron chi connectivity index (χ1n) is 12.3. The fourth-order valence-corrected chi connectivity index (χ4v) is 5.88. The number of fused-ring (bicyclic) bond motifs is 1. The van der Waals surface area contributed by atoms with E-state index >= 15 is 0 Å². The first kappa shape index (κ1) is 27.1. The summed E-state index contributed by atoms with van der Waals surface area (Å²) >= 11 is 0. The molecule has 1 aromatic heterocycles. The van der Waals surface area contributed by atoms with Crippen molar-refractivity contribution in [1.82, 2.24) is 14.7 Å². The molecule has 0 amide bonds. The highest BCUT2D eigenvalue weighted by molar-refractivity contribution is 7.88. The van der Waals surface area contributed by atoms with Gasteiger partial charge in [-0.1, -0.05) is 24.3 Å². The van der Waals surface area contributed by atoms with Gasteiger partial charge in [-0.2, -0.15) is 18.2 Å². The average molecular weight is 536 g/mol. The summed E-state index contributed by atoms with van der Waals surface area (Å²) in [5.74, 6) is 1.79. The van der Waals surface area contributed by atoms with Gasteiger partial charge in [-0.3, -0.25) is 0 Å². The lowest BCUT2D eigenvalue weighted by Gasteiger charge is -2.28. The number of halogens is 3. The fraction of sp³-hybridized carbons (Fsp3) is 0.462. The summed E-state index contributed by atoms with van der Waals surface area (Å²) in [6, 6.07) is 12.1. The zero-order chi connectivity index (χ0) is 26.6. The van der Waals surface area contributed by atoms with E-state index in [0.717, 1.165) is 61.1 Å². The molecule has 0 spiro atoms. The average Bonchev–Trinajstić information content (AvgIpc) is 2.86. The number of anilines is 2. The Labute approximate surface area is 215 Å². The van der Waals surface area contributed by atoms with Crippen molar-refractivity contribution in [2.24, 2.45) is 11.8 Å². The molecule has 4 rings (SSSR count). The summed E-state index contributed by atoms with van der Waals surface area (Å²) < 4.78 is 65.7. The number of hydrogen-bond donors (Lipinski definition) is 2. The maximum absolute atomic E-state index is 12.7. The Morgan fingerprint density at radius 3 is 2.16 bits per heavy atom. The Morgan fingerprint density at radius 1 is 0.919 bits per heavy atom. The van der Waals surface area contributed by atoms with Crippen LogP contribution >= 0.6 is 0 Å². The molecular weight excluding hydrogens is 503 g/mol. The van der Waals surface area contributed by atoms with Crippen LogP contribution in [0, 0.1) is 11.8 Å². The van der Waals surface area contributed by atoms with Crippen molar-refractivity contribution in [3.63, 3.8) is 0 Å². The minimum absolute atomic E-state index is 0.232. The van der Waals surface area contributed by atoms with Crippen molar-refractivity contribution >= 4 is 32.7 Å². The lowest BCUT2D eigenvalue weighted by Crippen LogP contribution is -2.33. The third kappa shape index (κ3) is 7.32. The summed E-state index contributed by atoms with van der Waals surface area (Å²) in [6.07, 6.45) is -0.714. The van der Waals surface area contributed by atoms with Gasteiger partial charge in [-0.25, -0.2) is 18.1 Å². The number of rotatable bonds is 9. The summed E-state index contributed by atoms with van der Waals surface area (Å²) in [6.45, 7) is 1.08. The highest BCUT2D eigenvalue weighted by Gasteiger charge is 2.30. The van der Waals surface area contributed by atoms with E-state index in [-0.39, 0.29) is 11.7 Å². The second kappa shape index (κ2) is 11.2. The van der Waals surface area contributed by atoms with Gasteiger partial charge in [-0.05, 0) is 67.3 Å². The molecule has 1 saturated carbocycles. The van der Waals surface area contributed by atoms with Gasteiger partial charge < -0.3 is 10.2 Å². The Bertz CT molecular complexity index is 1310. The van der Waals surface area contributed by atoms with E-state index in [1.54, 1.807) is 0 Å². The predicted molar refractivity (Wildman–Crippen MR) is 140 cm³/mol. The van der Waals surface area contributed by atoms with E-state index in [1.165, 1.54) is 12.1 Å². The zero-order valence-electron chi connectivity index (χ0n) is 20.9. The van der Waals surface area contributed by atoms with Crippen molar-refractivity contribution in [3.8, 4) is 0 Å². The maximum atomic E-state index is 12.7. The van der Waals surface area contributed by atoms with Crippen LogP contribution < -0.4 is 14.9 Å². The molecule has 2 N–H and O–H groups in total. The molecule has 7 nitrogen and oxygen atoms in total. The smallest absolute Gasteiger partial charge is 0.362 e. The lowest BCUT2D eigenvalue weighted by molar-refractivity contribution is -0.137. The van der Waals surface area contributed by atoms with Crippen LogP contribution in [0.5, 0.6) is 0 Å². The van der Waals surface area contributed by atoms with Gasteiger partial charge in [0.15, 0.2) is 0 Å². The molecule has 3 aromatic rings. The predicted octanol–water partition coefficient (Wildman–Crippen LogP) is 5.05. The van der Waals surface area contributed by atoms with Crippen LogP contribution in [0.25, 0.3) is 10.9 Å². The topological polar surface area (TPSA) is 87.2 Å². The number of sulfonamides is 1. The minimum atomic E-state index is -4.44. The van der Waals surface area contributed by atoms with Crippen LogP contribution in [0.4, 0.5) is 24.9 Å². The van der Waals surface area contributed by atoms with Gasteiger partial charge in [-0.15, -0.1) is 0 Å². The molecule has 2 aromatic carbocycles.